The fourth-order valence-corrected chi connectivity index (χ4v) is 1.58. The molecule has 0 aromatic rings. The van der Waals surface area contributed by atoms with Gasteiger partial charge in [-0.25, -0.2) is 0 Å². The molecule has 0 aromatic carbocycles. The maximum Gasteiger partial charge on any atom is 0.0932 e. The molecule has 4 nitrogen and oxygen atoms in total. The first-order chi connectivity index (χ1) is 6.01. The molecule has 0 aromatic heterocycles. The van der Waals surface area contributed by atoms with E-state index in [-0.39, 0.29) is 12.7 Å². The Morgan fingerprint density at radius 3 is 2.77 bits per heavy atom. The van der Waals surface area contributed by atoms with Crippen molar-refractivity contribution in [2.75, 3.05) is 32.8 Å². The van der Waals surface area contributed by atoms with Crippen LogP contribution in [0.3, 0.4) is 0 Å². The predicted octanol–water partition coefficient (Wildman–Crippen LogP) is -0.550. The van der Waals surface area contributed by atoms with Gasteiger partial charge >= 0.3 is 0 Å². The molecule has 13 heavy (non-hydrogen) atoms. The van der Waals surface area contributed by atoms with Gasteiger partial charge in [-0.1, -0.05) is 0 Å². The Kier molecular flexibility index (Phi) is 3.67. The van der Waals surface area contributed by atoms with Gasteiger partial charge in [-0.3, -0.25) is 4.90 Å². The summed E-state index contributed by atoms with van der Waals surface area (Å²) >= 11 is 0. The van der Waals surface area contributed by atoms with Crippen molar-refractivity contribution < 1.29 is 14.9 Å². The summed E-state index contributed by atoms with van der Waals surface area (Å²) in [4.78, 5) is 2.12. The molecule has 1 aliphatic heterocycles. The summed E-state index contributed by atoms with van der Waals surface area (Å²) in [6.45, 7) is 6.45. The first-order valence-electron chi connectivity index (χ1n) is 4.68. The van der Waals surface area contributed by atoms with Crippen LogP contribution in [0.5, 0.6) is 0 Å². The SMILES string of the molecule is CC(C)(O)CN1CCOC(CO)C1. The van der Waals surface area contributed by atoms with Crippen LogP contribution in [0.15, 0.2) is 0 Å². The molecule has 2 N–H and O–H groups in total. The van der Waals surface area contributed by atoms with Crippen molar-refractivity contribution in [1.82, 2.24) is 4.90 Å². The highest BCUT2D eigenvalue weighted by Gasteiger charge is 2.24. The molecular formula is C9H19NO3. The Bertz CT molecular complexity index is 155. The molecule has 1 unspecified atom stereocenters. The van der Waals surface area contributed by atoms with Gasteiger partial charge in [0.05, 0.1) is 24.9 Å². The zero-order valence-corrected chi connectivity index (χ0v) is 8.36. The molecule has 1 atom stereocenters. The number of hydrogen-bond acceptors (Lipinski definition) is 4. The van der Waals surface area contributed by atoms with E-state index in [0.29, 0.717) is 19.7 Å². The molecule has 0 amide bonds. The van der Waals surface area contributed by atoms with Gasteiger partial charge in [-0.15, -0.1) is 0 Å². The van der Waals surface area contributed by atoms with Gasteiger partial charge in [0.1, 0.15) is 0 Å². The van der Waals surface area contributed by atoms with Crippen LogP contribution in [0.1, 0.15) is 13.8 Å². The zero-order chi connectivity index (χ0) is 9.90. The Morgan fingerprint density at radius 1 is 1.54 bits per heavy atom. The van der Waals surface area contributed by atoms with Gasteiger partial charge < -0.3 is 14.9 Å². The minimum Gasteiger partial charge on any atom is -0.394 e. The van der Waals surface area contributed by atoms with Crippen molar-refractivity contribution in [3.05, 3.63) is 0 Å². The molecule has 0 aliphatic carbocycles. The Morgan fingerprint density at radius 2 is 2.23 bits per heavy atom. The van der Waals surface area contributed by atoms with Crippen molar-refractivity contribution in [3.8, 4) is 0 Å². The molecule has 1 saturated heterocycles. The van der Waals surface area contributed by atoms with E-state index in [0.717, 1.165) is 6.54 Å². The number of rotatable bonds is 3. The largest absolute Gasteiger partial charge is 0.394 e. The fourth-order valence-electron chi connectivity index (χ4n) is 1.58. The maximum atomic E-state index is 9.58. The van der Waals surface area contributed by atoms with Crippen LogP contribution >= 0.6 is 0 Å². The molecule has 1 heterocycles. The normalized spacial score (nSPS) is 26.3. The highest BCUT2D eigenvalue weighted by molar-refractivity contribution is 4.77. The number of aliphatic hydroxyl groups excluding tert-OH is 1. The first-order valence-corrected chi connectivity index (χ1v) is 4.68. The van der Waals surface area contributed by atoms with Crippen molar-refractivity contribution in [1.29, 1.82) is 0 Å². The molecule has 78 valence electrons. The highest BCUT2D eigenvalue weighted by Crippen LogP contribution is 2.09. The van der Waals surface area contributed by atoms with E-state index in [4.69, 9.17) is 9.84 Å². The third-order valence-electron chi connectivity index (χ3n) is 2.04. The second kappa shape index (κ2) is 4.37. The van der Waals surface area contributed by atoms with E-state index < -0.39 is 5.60 Å². The standard InChI is InChI=1S/C9H19NO3/c1-9(2,12)7-10-3-4-13-8(5-10)6-11/h8,11-12H,3-7H2,1-2H3. The van der Waals surface area contributed by atoms with E-state index in [1.54, 1.807) is 13.8 Å². The summed E-state index contributed by atoms with van der Waals surface area (Å²) in [5.41, 5.74) is -0.669. The molecule has 4 heteroatoms. The van der Waals surface area contributed by atoms with Crippen LogP contribution in [-0.2, 0) is 4.74 Å². The number of ether oxygens (including phenoxy) is 1. The molecule has 1 aliphatic rings. The van der Waals surface area contributed by atoms with Crippen LogP contribution < -0.4 is 0 Å². The Hall–Kier alpha value is -0.160. The van der Waals surface area contributed by atoms with Crippen molar-refractivity contribution in [2.24, 2.45) is 0 Å². The number of nitrogens with zero attached hydrogens (tertiary/aromatic N) is 1. The summed E-state index contributed by atoms with van der Waals surface area (Å²) in [7, 11) is 0. The van der Waals surface area contributed by atoms with E-state index in [1.165, 1.54) is 0 Å². The van der Waals surface area contributed by atoms with E-state index >= 15 is 0 Å². The fraction of sp³-hybridized carbons (Fsp3) is 1.00. The van der Waals surface area contributed by atoms with E-state index in [1.807, 2.05) is 0 Å². The Labute approximate surface area is 79.1 Å². The predicted molar refractivity (Wildman–Crippen MR) is 49.6 cm³/mol. The van der Waals surface area contributed by atoms with Gasteiger partial charge in [0.25, 0.3) is 0 Å². The van der Waals surface area contributed by atoms with Gasteiger partial charge in [-0.05, 0) is 13.8 Å². The van der Waals surface area contributed by atoms with E-state index in [2.05, 4.69) is 4.90 Å². The number of morpholine rings is 1. The average molecular weight is 189 g/mol. The summed E-state index contributed by atoms with van der Waals surface area (Å²) in [5.74, 6) is 0. The first kappa shape index (κ1) is 10.9. The quantitative estimate of drug-likeness (QED) is 0.625. The van der Waals surface area contributed by atoms with Gasteiger partial charge in [0.15, 0.2) is 0 Å². The summed E-state index contributed by atoms with van der Waals surface area (Å²) in [6, 6.07) is 0. The average Bonchev–Trinajstić information content (AvgIpc) is 2.01. The van der Waals surface area contributed by atoms with E-state index in [9.17, 15) is 5.11 Å². The van der Waals surface area contributed by atoms with Crippen molar-refractivity contribution in [2.45, 2.75) is 25.6 Å². The third-order valence-corrected chi connectivity index (χ3v) is 2.04. The lowest BCUT2D eigenvalue weighted by Crippen LogP contribution is -2.49. The van der Waals surface area contributed by atoms with Crippen molar-refractivity contribution in [3.63, 3.8) is 0 Å². The number of aliphatic hydroxyl groups is 2. The van der Waals surface area contributed by atoms with Crippen LogP contribution in [0.25, 0.3) is 0 Å². The van der Waals surface area contributed by atoms with Crippen LogP contribution in [0, 0.1) is 0 Å². The van der Waals surface area contributed by atoms with Gasteiger partial charge in [-0.2, -0.15) is 0 Å². The number of hydrogen-bond donors (Lipinski definition) is 2. The van der Waals surface area contributed by atoms with Gasteiger partial charge in [0.2, 0.25) is 0 Å². The molecule has 0 saturated carbocycles. The maximum absolute atomic E-state index is 9.58. The molecule has 0 radical (unpaired) electrons. The minimum atomic E-state index is -0.669. The van der Waals surface area contributed by atoms with Crippen molar-refractivity contribution >= 4 is 0 Å². The van der Waals surface area contributed by atoms with Gasteiger partial charge in [0, 0.05) is 19.6 Å². The summed E-state index contributed by atoms with van der Waals surface area (Å²) < 4.78 is 5.30. The highest BCUT2D eigenvalue weighted by atomic mass is 16.5. The Balaban J connectivity index is 2.34. The second-order valence-corrected chi connectivity index (χ2v) is 4.22. The third kappa shape index (κ3) is 4.04. The summed E-state index contributed by atoms with van der Waals surface area (Å²) in [6.07, 6.45) is -0.0869. The lowest BCUT2D eigenvalue weighted by atomic mass is 10.1. The zero-order valence-electron chi connectivity index (χ0n) is 8.36. The minimum absolute atomic E-state index is 0.0579. The lowest BCUT2D eigenvalue weighted by Gasteiger charge is -2.35. The molecule has 0 bridgehead atoms. The lowest BCUT2D eigenvalue weighted by molar-refractivity contribution is -0.0719. The van der Waals surface area contributed by atoms with Crippen LogP contribution in [0.2, 0.25) is 0 Å². The molecule has 1 fully saturated rings. The molecular weight excluding hydrogens is 170 g/mol. The van der Waals surface area contributed by atoms with Crippen LogP contribution in [0.4, 0.5) is 0 Å². The molecule has 1 rings (SSSR count). The summed E-state index contributed by atoms with van der Waals surface area (Å²) in [5, 5.41) is 18.5. The number of β-amino-alcohol motifs (C(OH)–C–C–N with tert-alkyl or cyclic N) is 1. The monoisotopic (exact) mass is 189 g/mol. The molecule has 0 spiro atoms. The second-order valence-electron chi connectivity index (χ2n) is 4.22. The topological polar surface area (TPSA) is 52.9 Å². The van der Waals surface area contributed by atoms with Crippen LogP contribution in [-0.4, -0.2) is 59.7 Å². The smallest absolute Gasteiger partial charge is 0.0932 e.